The first-order valence-corrected chi connectivity index (χ1v) is 9.67. The third kappa shape index (κ3) is 5.16. The summed E-state index contributed by atoms with van der Waals surface area (Å²) in [5.74, 6) is -2.15. The first-order chi connectivity index (χ1) is 14.9. The van der Waals surface area contributed by atoms with Crippen LogP contribution in [0.5, 0.6) is 5.75 Å². The summed E-state index contributed by atoms with van der Waals surface area (Å²) in [6, 6.07) is 14.7. The number of benzene rings is 2. The van der Waals surface area contributed by atoms with Crippen LogP contribution < -0.4 is 9.64 Å². The van der Waals surface area contributed by atoms with Crippen LogP contribution in [0.25, 0.3) is 0 Å². The van der Waals surface area contributed by atoms with E-state index in [-0.39, 0.29) is 13.0 Å². The van der Waals surface area contributed by atoms with Crippen molar-refractivity contribution in [3.63, 3.8) is 0 Å². The molecule has 3 amide bonds. The average molecular weight is 422 g/mol. The monoisotopic (exact) mass is 422 g/mol. The molecular formula is C23H22N2O6. The van der Waals surface area contributed by atoms with Gasteiger partial charge in [-0.3, -0.25) is 14.4 Å². The van der Waals surface area contributed by atoms with E-state index in [1.807, 2.05) is 12.1 Å². The molecule has 31 heavy (non-hydrogen) atoms. The molecule has 160 valence electrons. The predicted octanol–water partition coefficient (Wildman–Crippen LogP) is 2.04. The highest BCUT2D eigenvalue weighted by molar-refractivity contribution is 6.23. The second-order valence-corrected chi connectivity index (χ2v) is 6.92. The average Bonchev–Trinajstić information content (AvgIpc) is 3.07. The molecule has 8 nitrogen and oxygen atoms in total. The fourth-order valence-electron chi connectivity index (χ4n) is 3.41. The van der Waals surface area contributed by atoms with E-state index >= 15 is 0 Å². The van der Waals surface area contributed by atoms with Crippen LogP contribution in [-0.2, 0) is 25.6 Å². The maximum absolute atomic E-state index is 13.0. The van der Waals surface area contributed by atoms with Gasteiger partial charge in [0.2, 0.25) is 11.8 Å². The molecule has 1 aliphatic heterocycles. The molecule has 0 aliphatic carbocycles. The number of anilines is 1. The largest absolute Gasteiger partial charge is 0.497 e. The van der Waals surface area contributed by atoms with Gasteiger partial charge in [0, 0.05) is 18.7 Å². The highest BCUT2D eigenvalue weighted by Gasteiger charge is 2.43. The lowest BCUT2D eigenvalue weighted by Crippen LogP contribution is -2.45. The van der Waals surface area contributed by atoms with Crippen LogP contribution in [-0.4, -0.2) is 53.4 Å². The molecule has 1 fully saturated rings. The van der Waals surface area contributed by atoms with Gasteiger partial charge in [-0.25, -0.2) is 9.69 Å². The lowest BCUT2D eigenvalue weighted by atomic mass is 10.1. The number of carbonyl (C=O) groups excluding carboxylic acids is 3. The molecule has 1 N–H and O–H groups in total. The minimum atomic E-state index is -1.27. The van der Waals surface area contributed by atoms with Gasteiger partial charge in [-0.05, 0) is 36.2 Å². The van der Waals surface area contributed by atoms with Gasteiger partial charge in [0.1, 0.15) is 11.8 Å². The van der Waals surface area contributed by atoms with Crippen molar-refractivity contribution in [2.75, 3.05) is 18.6 Å². The molecular weight excluding hydrogens is 400 g/mol. The van der Waals surface area contributed by atoms with Crippen LogP contribution in [0.2, 0.25) is 0 Å². The Morgan fingerprint density at radius 1 is 1.10 bits per heavy atom. The molecule has 0 unspecified atom stereocenters. The highest BCUT2D eigenvalue weighted by atomic mass is 16.5. The van der Waals surface area contributed by atoms with Crippen molar-refractivity contribution in [2.24, 2.45) is 0 Å². The first-order valence-electron chi connectivity index (χ1n) is 9.67. The number of imide groups is 1. The standard InChI is InChI=1S/C23H22N2O6/c1-31-18-9-7-16(8-10-18)13-14-24(20(26)11-12-22(28)29)19-15-21(27)25(23(19)30)17-5-3-2-4-6-17/h2-12,19H,13-15H2,1H3,(H,28,29)/b12-11+/t19-/m1/s1. The first kappa shape index (κ1) is 21.8. The summed E-state index contributed by atoms with van der Waals surface area (Å²) in [6.45, 7) is 0.140. The number of ether oxygens (including phenoxy) is 1. The molecule has 1 aliphatic rings. The van der Waals surface area contributed by atoms with E-state index in [4.69, 9.17) is 9.84 Å². The van der Waals surface area contributed by atoms with Gasteiger partial charge >= 0.3 is 5.97 Å². The molecule has 3 rings (SSSR count). The number of amides is 3. The summed E-state index contributed by atoms with van der Waals surface area (Å²) in [7, 11) is 1.56. The maximum Gasteiger partial charge on any atom is 0.328 e. The van der Waals surface area contributed by atoms with Gasteiger partial charge in [0.15, 0.2) is 0 Å². The Kier molecular flexibility index (Phi) is 6.81. The molecule has 0 aromatic heterocycles. The Bertz CT molecular complexity index is 1000. The Hall–Kier alpha value is -3.94. The lowest BCUT2D eigenvalue weighted by Gasteiger charge is -2.26. The second-order valence-electron chi connectivity index (χ2n) is 6.92. The number of carboxylic acid groups (broad SMARTS) is 1. The summed E-state index contributed by atoms with van der Waals surface area (Å²) >= 11 is 0. The zero-order chi connectivity index (χ0) is 22.4. The summed E-state index contributed by atoms with van der Waals surface area (Å²) in [5, 5.41) is 8.85. The minimum absolute atomic E-state index is 0.140. The Morgan fingerprint density at radius 2 is 1.77 bits per heavy atom. The van der Waals surface area contributed by atoms with Crippen molar-refractivity contribution >= 4 is 29.4 Å². The number of methoxy groups -OCH3 is 1. The summed E-state index contributed by atoms with van der Waals surface area (Å²) in [5.41, 5.74) is 1.33. The molecule has 0 saturated carbocycles. The maximum atomic E-state index is 13.0. The normalized spacial score (nSPS) is 16.0. The van der Waals surface area contributed by atoms with Crippen LogP contribution in [0.3, 0.4) is 0 Å². The Balaban J connectivity index is 1.83. The molecule has 2 aromatic carbocycles. The van der Waals surface area contributed by atoms with E-state index in [0.717, 1.165) is 22.6 Å². The molecule has 0 bridgehead atoms. The van der Waals surface area contributed by atoms with E-state index in [1.165, 1.54) is 4.90 Å². The number of rotatable bonds is 8. The Morgan fingerprint density at radius 3 is 2.39 bits per heavy atom. The van der Waals surface area contributed by atoms with Crippen LogP contribution in [0, 0.1) is 0 Å². The van der Waals surface area contributed by atoms with Crippen molar-refractivity contribution in [1.82, 2.24) is 4.90 Å². The van der Waals surface area contributed by atoms with Gasteiger partial charge in [0.25, 0.3) is 5.91 Å². The molecule has 0 radical (unpaired) electrons. The molecule has 0 spiro atoms. The summed E-state index contributed by atoms with van der Waals surface area (Å²) in [4.78, 5) is 51.5. The SMILES string of the molecule is COc1ccc(CCN(C(=O)/C=C/C(=O)O)[C@@H]2CC(=O)N(c3ccccc3)C2=O)cc1. The third-order valence-electron chi connectivity index (χ3n) is 4.97. The molecule has 1 heterocycles. The number of nitrogens with zero attached hydrogens (tertiary/aromatic N) is 2. The second kappa shape index (κ2) is 9.71. The van der Waals surface area contributed by atoms with Crippen molar-refractivity contribution in [2.45, 2.75) is 18.9 Å². The fourth-order valence-corrected chi connectivity index (χ4v) is 3.41. The van der Waals surface area contributed by atoms with Crippen LogP contribution in [0.1, 0.15) is 12.0 Å². The third-order valence-corrected chi connectivity index (χ3v) is 4.97. The molecule has 1 atom stereocenters. The van der Waals surface area contributed by atoms with Crippen LogP contribution >= 0.6 is 0 Å². The van der Waals surface area contributed by atoms with Crippen molar-refractivity contribution in [3.8, 4) is 5.75 Å². The zero-order valence-electron chi connectivity index (χ0n) is 16.9. The quantitative estimate of drug-likeness (QED) is 0.516. The van der Waals surface area contributed by atoms with Gasteiger partial charge in [-0.1, -0.05) is 30.3 Å². The lowest BCUT2D eigenvalue weighted by molar-refractivity contribution is -0.135. The summed E-state index contributed by atoms with van der Waals surface area (Å²) < 4.78 is 5.13. The van der Waals surface area contributed by atoms with Gasteiger partial charge in [0.05, 0.1) is 19.2 Å². The van der Waals surface area contributed by atoms with Gasteiger partial charge < -0.3 is 14.7 Å². The van der Waals surface area contributed by atoms with E-state index in [2.05, 4.69) is 0 Å². The Labute approximate surface area is 179 Å². The fraction of sp³-hybridized carbons (Fsp3) is 0.217. The van der Waals surface area contributed by atoms with Crippen molar-refractivity contribution < 1.29 is 29.0 Å². The van der Waals surface area contributed by atoms with E-state index in [9.17, 15) is 19.2 Å². The van der Waals surface area contributed by atoms with Gasteiger partial charge in [-0.2, -0.15) is 0 Å². The van der Waals surface area contributed by atoms with Crippen LogP contribution in [0.4, 0.5) is 5.69 Å². The number of hydrogen-bond donors (Lipinski definition) is 1. The van der Waals surface area contributed by atoms with E-state index in [0.29, 0.717) is 17.9 Å². The van der Waals surface area contributed by atoms with Crippen molar-refractivity contribution in [3.05, 3.63) is 72.3 Å². The van der Waals surface area contributed by atoms with Crippen LogP contribution in [0.15, 0.2) is 66.7 Å². The predicted molar refractivity (Wildman–Crippen MR) is 113 cm³/mol. The number of hydrogen-bond acceptors (Lipinski definition) is 5. The molecule has 2 aromatic rings. The van der Waals surface area contributed by atoms with E-state index in [1.54, 1.807) is 49.6 Å². The number of aliphatic carboxylic acids is 1. The van der Waals surface area contributed by atoms with E-state index < -0.39 is 29.7 Å². The topological polar surface area (TPSA) is 104 Å². The number of para-hydroxylation sites is 1. The smallest absolute Gasteiger partial charge is 0.328 e. The number of carboxylic acids is 1. The molecule has 8 heteroatoms. The number of carbonyl (C=O) groups is 4. The molecule has 1 saturated heterocycles. The zero-order valence-corrected chi connectivity index (χ0v) is 16.9. The highest BCUT2D eigenvalue weighted by Crippen LogP contribution is 2.26. The minimum Gasteiger partial charge on any atom is -0.497 e. The van der Waals surface area contributed by atoms with Gasteiger partial charge in [-0.15, -0.1) is 0 Å². The summed E-state index contributed by atoms with van der Waals surface area (Å²) in [6.07, 6.45) is 1.88. The van der Waals surface area contributed by atoms with Crippen molar-refractivity contribution in [1.29, 1.82) is 0 Å².